The van der Waals surface area contributed by atoms with Crippen molar-refractivity contribution in [2.45, 2.75) is 19.4 Å². The molecule has 0 aliphatic carbocycles. The van der Waals surface area contributed by atoms with Gasteiger partial charge in [-0.25, -0.2) is 0 Å². The van der Waals surface area contributed by atoms with Crippen LogP contribution in [-0.4, -0.2) is 74.2 Å². The predicted molar refractivity (Wildman–Crippen MR) is 159 cm³/mol. The molecule has 6 rings (SSSR count). The van der Waals surface area contributed by atoms with Gasteiger partial charge in [0.05, 0.1) is 17.4 Å². The number of carbonyl (C=O) groups excluding carboxylic acids is 1. The zero-order valence-electron chi connectivity index (χ0n) is 22.7. The Balaban J connectivity index is 1.10. The van der Waals surface area contributed by atoms with Crippen molar-refractivity contribution in [2.24, 2.45) is 0 Å². The number of rotatable bonds is 9. The van der Waals surface area contributed by atoms with E-state index in [1.807, 2.05) is 88.2 Å². The second-order valence-electron chi connectivity index (χ2n) is 10.2. The first-order valence-corrected chi connectivity index (χ1v) is 14.2. The van der Waals surface area contributed by atoms with Crippen LogP contribution >= 0.6 is 11.6 Å². The summed E-state index contributed by atoms with van der Waals surface area (Å²) in [6.45, 7) is 4.74. The smallest absolute Gasteiger partial charge is 0.263 e. The lowest BCUT2D eigenvalue weighted by Crippen LogP contribution is -2.49. The van der Waals surface area contributed by atoms with Crippen molar-refractivity contribution in [3.8, 4) is 5.75 Å². The third-order valence-electron chi connectivity index (χ3n) is 7.54. The summed E-state index contributed by atoms with van der Waals surface area (Å²) in [6, 6.07) is 24.7. The first kappa shape index (κ1) is 27.0. The number of fused-ring (bicyclic) bond motifs is 3. The lowest BCUT2D eigenvalue weighted by molar-refractivity contribution is -0.133. The van der Waals surface area contributed by atoms with Gasteiger partial charge in [0.25, 0.3) is 5.56 Å². The molecule has 0 radical (unpaired) electrons. The molecule has 2 aromatic heterocycles. The minimum absolute atomic E-state index is 0.0979. The lowest BCUT2D eigenvalue weighted by Gasteiger charge is -2.34. The first-order chi connectivity index (χ1) is 20.1. The zero-order valence-corrected chi connectivity index (χ0v) is 23.4. The highest BCUT2D eigenvalue weighted by Crippen LogP contribution is 2.18. The van der Waals surface area contributed by atoms with Crippen molar-refractivity contribution in [3.63, 3.8) is 0 Å². The van der Waals surface area contributed by atoms with Gasteiger partial charge >= 0.3 is 0 Å². The number of benzene rings is 3. The van der Waals surface area contributed by atoms with Crippen LogP contribution in [0.25, 0.3) is 16.7 Å². The van der Waals surface area contributed by atoms with Crippen LogP contribution in [0, 0.1) is 0 Å². The van der Waals surface area contributed by atoms with Crippen molar-refractivity contribution in [1.82, 2.24) is 29.0 Å². The Hall–Kier alpha value is -4.21. The molecule has 0 atom stereocenters. The van der Waals surface area contributed by atoms with E-state index in [9.17, 15) is 9.59 Å². The predicted octanol–water partition coefficient (Wildman–Crippen LogP) is 3.90. The van der Waals surface area contributed by atoms with Crippen molar-refractivity contribution in [3.05, 3.63) is 106 Å². The van der Waals surface area contributed by atoms with Gasteiger partial charge in [-0.3, -0.25) is 23.5 Å². The van der Waals surface area contributed by atoms with E-state index in [0.717, 1.165) is 36.5 Å². The Kier molecular flexibility index (Phi) is 7.98. The Morgan fingerprint density at radius 3 is 2.39 bits per heavy atom. The summed E-state index contributed by atoms with van der Waals surface area (Å²) in [4.78, 5) is 30.8. The molecule has 0 saturated carbocycles. The van der Waals surface area contributed by atoms with Crippen LogP contribution in [0.3, 0.4) is 0 Å². The van der Waals surface area contributed by atoms with Gasteiger partial charge in [0.2, 0.25) is 11.7 Å². The number of piperazine rings is 1. The minimum atomic E-state index is -0.108. The lowest BCUT2D eigenvalue weighted by atomic mass is 10.2. The SMILES string of the molecule is O=C(CCc1nnc2n(Cc3ccccc3)c(=O)c3ccccc3n12)N1CCN(CCOc2ccc(Cl)cc2)CC1. The van der Waals surface area contributed by atoms with Crippen LogP contribution in [0.5, 0.6) is 5.75 Å². The molecule has 1 aliphatic heterocycles. The van der Waals surface area contributed by atoms with E-state index in [1.165, 1.54) is 0 Å². The van der Waals surface area contributed by atoms with E-state index in [1.54, 1.807) is 4.57 Å². The summed E-state index contributed by atoms with van der Waals surface area (Å²) in [5, 5.41) is 10.1. The Morgan fingerprint density at radius 2 is 1.61 bits per heavy atom. The number of nitrogens with zero attached hydrogens (tertiary/aromatic N) is 6. The second-order valence-corrected chi connectivity index (χ2v) is 10.6. The van der Waals surface area contributed by atoms with E-state index in [-0.39, 0.29) is 11.5 Å². The van der Waals surface area contributed by atoms with Crippen LogP contribution in [0.2, 0.25) is 5.02 Å². The fraction of sp³-hybridized carbons (Fsp3) is 0.290. The standard InChI is InChI=1S/C31H31ClN6O3/c32-24-10-12-25(13-11-24)41-21-20-35-16-18-36(19-17-35)29(39)15-14-28-33-34-31-37(22-23-6-2-1-3-7-23)30(40)26-8-4-5-9-27(26)38(28)31/h1-13H,14-22H2. The van der Waals surface area contributed by atoms with E-state index in [2.05, 4.69) is 15.1 Å². The van der Waals surface area contributed by atoms with Gasteiger partial charge in [0, 0.05) is 50.6 Å². The van der Waals surface area contributed by atoms with Gasteiger partial charge in [-0.2, -0.15) is 0 Å². The molecule has 210 valence electrons. The molecule has 0 spiro atoms. The molecule has 0 bridgehead atoms. The summed E-state index contributed by atoms with van der Waals surface area (Å²) in [6.07, 6.45) is 0.759. The fourth-order valence-electron chi connectivity index (χ4n) is 5.31. The number of carbonyl (C=O) groups is 1. The quantitative estimate of drug-likeness (QED) is 0.267. The molecule has 5 aromatic rings. The first-order valence-electron chi connectivity index (χ1n) is 13.8. The second kappa shape index (κ2) is 12.1. The summed E-state index contributed by atoms with van der Waals surface area (Å²) < 4.78 is 9.40. The molecule has 0 N–H and O–H groups in total. The summed E-state index contributed by atoms with van der Waals surface area (Å²) in [5.74, 6) is 2.05. The van der Waals surface area contributed by atoms with Gasteiger partial charge in [-0.1, -0.05) is 54.1 Å². The van der Waals surface area contributed by atoms with Gasteiger partial charge < -0.3 is 9.64 Å². The Labute approximate surface area is 242 Å². The third-order valence-corrected chi connectivity index (χ3v) is 7.79. The normalized spacial score (nSPS) is 14.1. The number of hydrogen-bond donors (Lipinski definition) is 0. The van der Waals surface area contributed by atoms with Crippen LogP contribution in [0.15, 0.2) is 83.7 Å². The number of hydrogen-bond acceptors (Lipinski definition) is 6. The maximum Gasteiger partial charge on any atom is 0.263 e. The number of amides is 1. The monoisotopic (exact) mass is 570 g/mol. The van der Waals surface area contributed by atoms with E-state index in [4.69, 9.17) is 16.3 Å². The highest BCUT2D eigenvalue weighted by atomic mass is 35.5. The van der Waals surface area contributed by atoms with Crippen LogP contribution in [-0.2, 0) is 17.8 Å². The molecule has 1 fully saturated rings. The largest absolute Gasteiger partial charge is 0.492 e. The van der Waals surface area contributed by atoms with Crippen molar-refractivity contribution in [1.29, 1.82) is 0 Å². The van der Waals surface area contributed by atoms with E-state index < -0.39 is 0 Å². The topological polar surface area (TPSA) is 85.0 Å². The van der Waals surface area contributed by atoms with Crippen molar-refractivity contribution < 1.29 is 9.53 Å². The summed E-state index contributed by atoms with van der Waals surface area (Å²) in [7, 11) is 0. The molecule has 1 aliphatic rings. The molecular formula is C31H31ClN6O3. The number of para-hydroxylation sites is 1. The summed E-state index contributed by atoms with van der Waals surface area (Å²) >= 11 is 5.93. The minimum Gasteiger partial charge on any atom is -0.492 e. The Morgan fingerprint density at radius 1 is 0.878 bits per heavy atom. The fourth-order valence-corrected chi connectivity index (χ4v) is 5.43. The third kappa shape index (κ3) is 5.96. The van der Waals surface area contributed by atoms with Crippen LogP contribution in [0.4, 0.5) is 0 Å². The average molecular weight is 571 g/mol. The highest BCUT2D eigenvalue weighted by molar-refractivity contribution is 6.30. The average Bonchev–Trinajstić information content (AvgIpc) is 3.44. The van der Waals surface area contributed by atoms with E-state index >= 15 is 0 Å². The Bertz CT molecular complexity index is 1710. The number of aromatic nitrogens is 4. The maximum atomic E-state index is 13.4. The van der Waals surface area contributed by atoms with Gasteiger partial charge in [0.1, 0.15) is 18.2 Å². The van der Waals surface area contributed by atoms with E-state index in [0.29, 0.717) is 61.1 Å². The maximum absolute atomic E-state index is 13.4. The highest BCUT2D eigenvalue weighted by Gasteiger charge is 2.22. The van der Waals surface area contributed by atoms with Crippen LogP contribution < -0.4 is 10.3 Å². The molecular weight excluding hydrogens is 540 g/mol. The molecule has 1 amide bonds. The molecule has 1 saturated heterocycles. The zero-order chi connectivity index (χ0) is 28.2. The van der Waals surface area contributed by atoms with Crippen LogP contribution in [0.1, 0.15) is 17.8 Å². The number of halogens is 1. The van der Waals surface area contributed by atoms with Crippen molar-refractivity contribution >= 4 is 34.2 Å². The van der Waals surface area contributed by atoms with Gasteiger partial charge in [0.15, 0.2) is 0 Å². The number of ether oxygens (including phenoxy) is 1. The van der Waals surface area contributed by atoms with Gasteiger partial charge in [-0.05, 0) is 42.0 Å². The summed E-state index contributed by atoms with van der Waals surface area (Å²) in [5.41, 5.74) is 1.64. The molecule has 3 aromatic carbocycles. The van der Waals surface area contributed by atoms with Gasteiger partial charge in [-0.15, -0.1) is 10.2 Å². The molecule has 10 heteroatoms. The molecule has 9 nitrogen and oxygen atoms in total. The number of aryl methyl sites for hydroxylation is 1. The molecule has 0 unspecified atom stereocenters. The molecule has 3 heterocycles. The van der Waals surface area contributed by atoms with Crippen molar-refractivity contribution in [2.75, 3.05) is 39.3 Å². The molecule has 41 heavy (non-hydrogen) atoms.